The third-order valence-electron chi connectivity index (χ3n) is 3.59. The van der Waals surface area contributed by atoms with E-state index in [4.69, 9.17) is 0 Å². The SMILES string of the molecule is CCN(CC(=O)N1CCCNCC1)c1ccc(F)cc1. The first-order chi connectivity index (χ1) is 9.70. The van der Waals surface area contributed by atoms with Crippen molar-refractivity contribution < 1.29 is 9.18 Å². The molecule has 5 heteroatoms. The molecule has 1 N–H and O–H groups in total. The smallest absolute Gasteiger partial charge is 0.242 e. The maximum Gasteiger partial charge on any atom is 0.242 e. The Morgan fingerprint density at radius 3 is 2.75 bits per heavy atom. The number of carbonyl (C=O) groups excluding carboxylic acids is 1. The molecular weight excluding hydrogens is 257 g/mol. The first-order valence-corrected chi connectivity index (χ1v) is 7.19. The number of hydrogen-bond acceptors (Lipinski definition) is 3. The summed E-state index contributed by atoms with van der Waals surface area (Å²) in [6, 6.07) is 6.29. The fourth-order valence-electron chi connectivity index (χ4n) is 2.40. The van der Waals surface area contributed by atoms with Gasteiger partial charge in [0.1, 0.15) is 5.82 Å². The summed E-state index contributed by atoms with van der Waals surface area (Å²) in [6.07, 6.45) is 0.994. The fourth-order valence-corrected chi connectivity index (χ4v) is 2.40. The van der Waals surface area contributed by atoms with E-state index >= 15 is 0 Å². The Kier molecular flexibility index (Phi) is 5.35. The van der Waals surface area contributed by atoms with Gasteiger partial charge < -0.3 is 15.1 Å². The molecule has 0 unspecified atom stereocenters. The number of hydrogen-bond donors (Lipinski definition) is 1. The maximum atomic E-state index is 13.0. The van der Waals surface area contributed by atoms with E-state index in [0.717, 1.165) is 44.8 Å². The van der Waals surface area contributed by atoms with Gasteiger partial charge in [0, 0.05) is 31.9 Å². The lowest BCUT2D eigenvalue weighted by Gasteiger charge is -2.27. The number of nitrogens with one attached hydrogen (secondary N) is 1. The second-order valence-corrected chi connectivity index (χ2v) is 4.97. The Hall–Kier alpha value is -1.62. The molecule has 0 bridgehead atoms. The third kappa shape index (κ3) is 3.93. The van der Waals surface area contributed by atoms with E-state index in [1.807, 2.05) is 16.7 Å². The van der Waals surface area contributed by atoms with Gasteiger partial charge in [-0.05, 0) is 44.2 Å². The van der Waals surface area contributed by atoms with Crippen molar-refractivity contribution in [3.8, 4) is 0 Å². The van der Waals surface area contributed by atoms with Crippen LogP contribution in [0.25, 0.3) is 0 Å². The largest absolute Gasteiger partial charge is 0.362 e. The highest BCUT2D eigenvalue weighted by Gasteiger charge is 2.18. The summed E-state index contributed by atoms with van der Waals surface area (Å²) < 4.78 is 13.0. The van der Waals surface area contributed by atoms with Crippen LogP contribution in [0.4, 0.5) is 10.1 Å². The first-order valence-electron chi connectivity index (χ1n) is 7.19. The minimum atomic E-state index is -0.255. The molecule has 1 aliphatic rings. The lowest BCUT2D eigenvalue weighted by atomic mass is 10.2. The molecule has 1 aliphatic heterocycles. The van der Waals surface area contributed by atoms with E-state index in [1.165, 1.54) is 12.1 Å². The van der Waals surface area contributed by atoms with Crippen molar-refractivity contribution in [1.82, 2.24) is 10.2 Å². The van der Waals surface area contributed by atoms with E-state index in [1.54, 1.807) is 12.1 Å². The molecule has 1 aromatic carbocycles. The van der Waals surface area contributed by atoms with Crippen molar-refractivity contribution in [3.63, 3.8) is 0 Å². The highest BCUT2D eigenvalue weighted by atomic mass is 19.1. The van der Waals surface area contributed by atoms with E-state index in [0.29, 0.717) is 6.54 Å². The predicted molar refractivity (Wildman–Crippen MR) is 78.4 cm³/mol. The first kappa shape index (κ1) is 14.8. The van der Waals surface area contributed by atoms with Gasteiger partial charge in [-0.1, -0.05) is 0 Å². The Balaban J connectivity index is 1.98. The zero-order valence-electron chi connectivity index (χ0n) is 11.9. The molecule has 20 heavy (non-hydrogen) atoms. The quantitative estimate of drug-likeness (QED) is 0.906. The highest BCUT2D eigenvalue weighted by molar-refractivity contribution is 5.81. The van der Waals surface area contributed by atoms with Gasteiger partial charge in [-0.15, -0.1) is 0 Å². The lowest BCUT2D eigenvalue weighted by molar-refractivity contribution is -0.129. The topological polar surface area (TPSA) is 35.6 Å². The van der Waals surface area contributed by atoms with Gasteiger partial charge in [-0.25, -0.2) is 4.39 Å². The van der Waals surface area contributed by atoms with Crippen LogP contribution in [0.15, 0.2) is 24.3 Å². The van der Waals surface area contributed by atoms with E-state index in [-0.39, 0.29) is 11.7 Å². The van der Waals surface area contributed by atoms with Crippen LogP contribution in [-0.4, -0.2) is 50.1 Å². The standard InChI is InChI=1S/C15H22FN3O/c1-2-18(14-6-4-13(16)5-7-14)12-15(20)19-10-3-8-17-9-11-19/h4-7,17H,2-3,8-12H2,1H3. The fraction of sp³-hybridized carbons (Fsp3) is 0.533. The molecule has 4 nitrogen and oxygen atoms in total. The van der Waals surface area contributed by atoms with Crippen molar-refractivity contribution in [2.45, 2.75) is 13.3 Å². The van der Waals surface area contributed by atoms with Crippen molar-refractivity contribution >= 4 is 11.6 Å². The van der Waals surface area contributed by atoms with Gasteiger partial charge in [0.2, 0.25) is 5.91 Å². The predicted octanol–water partition coefficient (Wildman–Crippen LogP) is 1.47. The van der Waals surface area contributed by atoms with Crippen LogP contribution >= 0.6 is 0 Å². The minimum Gasteiger partial charge on any atom is -0.362 e. The van der Waals surface area contributed by atoms with Crippen LogP contribution in [0.3, 0.4) is 0 Å². The average Bonchev–Trinajstić information content (AvgIpc) is 2.75. The molecule has 1 aromatic rings. The molecule has 0 aromatic heterocycles. The molecule has 1 fully saturated rings. The van der Waals surface area contributed by atoms with Gasteiger partial charge in [-0.3, -0.25) is 4.79 Å². The number of benzene rings is 1. The summed E-state index contributed by atoms with van der Waals surface area (Å²) in [5.41, 5.74) is 0.884. The second-order valence-electron chi connectivity index (χ2n) is 4.97. The van der Waals surface area contributed by atoms with Crippen molar-refractivity contribution in [3.05, 3.63) is 30.1 Å². The molecule has 0 aliphatic carbocycles. The number of amides is 1. The summed E-state index contributed by atoms with van der Waals surface area (Å²) >= 11 is 0. The number of rotatable bonds is 4. The summed E-state index contributed by atoms with van der Waals surface area (Å²) in [5, 5.41) is 3.29. The highest BCUT2D eigenvalue weighted by Crippen LogP contribution is 2.14. The Bertz CT molecular complexity index is 427. The van der Waals surface area contributed by atoms with Crippen LogP contribution in [-0.2, 0) is 4.79 Å². The van der Waals surface area contributed by atoms with Gasteiger partial charge in [0.25, 0.3) is 0 Å². The monoisotopic (exact) mass is 279 g/mol. The van der Waals surface area contributed by atoms with Crippen molar-refractivity contribution in [2.24, 2.45) is 0 Å². The molecule has 0 radical (unpaired) electrons. The second kappa shape index (κ2) is 7.24. The summed E-state index contributed by atoms with van der Waals surface area (Å²) in [7, 11) is 0. The summed E-state index contributed by atoms with van der Waals surface area (Å²) in [4.78, 5) is 16.2. The van der Waals surface area contributed by atoms with Crippen molar-refractivity contribution in [2.75, 3.05) is 44.2 Å². The molecule has 110 valence electrons. The molecule has 1 saturated heterocycles. The van der Waals surface area contributed by atoms with Crippen LogP contribution in [0.1, 0.15) is 13.3 Å². The summed E-state index contributed by atoms with van der Waals surface area (Å²) in [5.74, 6) is -0.116. The Labute approximate surface area is 119 Å². The van der Waals surface area contributed by atoms with E-state index in [9.17, 15) is 9.18 Å². The zero-order chi connectivity index (χ0) is 14.4. The molecule has 1 amide bonds. The molecule has 0 spiro atoms. The Morgan fingerprint density at radius 2 is 2.05 bits per heavy atom. The van der Waals surface area contributed by atoms with Gasteiger partial charge >= 0.3 is 0 Å². The normalized spacial score (nSPS) is 15.8. The lowest BCUT2D eigenvalue weighted by Crippen LogP contribution is -2.42. The van der Waals surface area contributed by atoms with Crippen molar-refractivity contribution in [1.29, 1.82) is 0 Å². The van der Waals surface area contributed by atoms with Crippen LogP contribution < -0.4 is 10.2 Å². The van der Waals surface area contributed by atoms with Crippen LogP contribution in [0.5, 0.6) is 0 Å². The molecule has 0 atom stereocenters. The number of likely N-dealkylation sites (N-methyl/N-ethyl adjacent to an activating group) is 1. The minimum absolute atomic E-state index is 0.139. The third-order valence-corrected chi connectivity index (χ3v) is 3.59. The molecule has 1 heterocycles. The maximum absolute atomic E-state index is 13.0. The van der Waals surface area contributed by atoms with Crippen LogP contribution in [0, 0.1) is 5.82 Å². The van der Waals surface area contributed by atoms with E-state index < -0.39 is 0 Å². The molecule has 0 saturated carbocycles. The van der Waals surface area contributed by atoms with Gasteiger partial charge in [-0.2, -0.15) is 0 Å². The number of anilines is 1. The number of nitrogens with zero attached hydrogens (tertiary/aromatic N) is 2. The van der Waals surface area contributed by atoms with E-state index in [2.05, 4.69) is 5.32 Å². The average molecular weight is 279 g/mol. The zero-order valence-corrected chi connectivity index (χ0v) is 11.9. The summed E-state index contributed by atoms with van der Waals surface area (Å²) in [6.45, 7) is 6.48. The van der Waals surface area contributed by atoms with Gasteiger partial charge in [0.15, 0.2) is 0 Å². The Morgan fingerprint density at radius 1 is 1.30 bits per heavy atom. The number of halogens is 1. The molecular formula is C15H22FN3O. The van der Waals surface area contributed by atoms with Gasteiger partial charge in [0.05, 0.1) is 6.54 Å². The van der Waals surface area contributed by atoms with Crippen LogP contribution in [0.2, 0.25) is 0 Å². The molecule has 2 rings (SSSR count). The number of carbonyl (C=O) groups is 1.